The largest absolute Gasteiger partial charge is 0.379 e. The summed E-state index contributed by atoms with van der Waals surface area (Å²) in [6.45, 7) is 12.0. The molecule has 3 nitrogen and oxygen atoms in total. The van der Waals surface area contributed by atoms with Gasteiger partial charge in [0.2, 0.25) is 0 Å². The molecule has 1 aliphatic heterocycles. The van der Waals surface area contributed by atoms with Gasteiger partial charge in [-0.3, -0.25) is 4.90 Å². The number of ether oxygens (including phenoxy) is 1. The van der Waals surface area contributed by atoms with Gasteiger partial charge in [0.1, 0.15) is 0 Å². The molecule has 0 aromatic carbocycles. The first-order valence-electron chi connectivity index (χ1n) is 6.29. The lowest BCUT2D eigenvalue weighted by molar-refractivity contribution is 0.0170. The second-order valence-corrected chi connectivity index (χ2v) is 4.59. The van der Waals surface area contributed by atoms with Crippen molar-refractivity contribution >= 4 is 0 Å². The Bertz CT molecular complexity index is 158. The van der Waals surface area contributed by atoms with Crippen molar-refractivity contribution < 1.29 is 4.74 Å². The maximum absolute atomic E-state index is 5.36. The van der Waals surface area contributed by atoms with E-state index in [1.165, 1.54) is 12.8 Å². The van der Waals surface area contributed by atoms with E-state index in [-0.39, 0.29) is 0 Å². The van der Waals surface area contributed by atoms with Gasteiger partial charge in [-0.25, -0.2) is 0 Å². The summed E-state index contributed by atoms with van der Waals surface area (Å²) in [5.74, 6) is 0. The van der Waals surface area contributed by atoms with Gasteiger partial charge in [0.25, 0.3) is 0 Å². The molecule has 1 aliphatic rings. The van der Waals surface area contributed by atoms with E-state index in [1.54, 1.807) is 0 Å². The van der Waals surface area contributed by atoms with Crippen LogP contribution in [0.2, 0.25) is 0 Å². The Morgan fingerprint density at radius 3 is 2.53 bits per heavy atom. The van der Waals surface area contributed by atoms with Crippen LogP contribution in [-0.2, 0) is 4.74 Å². The van der Waals surface area contributed by atoms with E-state index >= 15 is 0 Å². The Hall–Kier alpha value is -0.120. The van der Waals surface area contributed by atoms with Crippen LogP contribution in [0.15, 0.2) is 0 Å². The molecule has 90 valence electrons. The van der Waals surface area contributed by atoms with E-state index in [1.807, 2.05) is 0 Å². The third kappa shape index (κ3) is 4.96. The van der Waals surface area contributed by atoms with Gasteiger partial charge in [-0.15, -0.1) is 0 Å². The molecule has 2 atom stereocenters. The van der Waals surface area contributed by atoms with Crippen LogP contribution in [0, 0.1) is 0 Å². The topological polar surface area (TPSA) is 24.5 Å². The third-order valence-corrected chi connectivity index (χ3v) is 3.11. The molecule has 0 saturated carbocycles. The molecular weight excluding hydrogens is 188 g/mol. The van der Waals surface area contributed by atoms with E-state index in [4.69, 9.17) is 4.74 Å². The Kier molecular flexibility index (Phi) is 6.22. The van der Waals surface area contributed by atoms with Crippen LogP contribution >= 0.6 is 0 Å². The van der Waals surface area contributed by atoms with Crippen molar-refractivity contribution in [2.24, 2.45) is 0 Å². The van der Waals surface area contributed by atoms with Crippen LogP contribution in [0.5, 0.6) is 0 Å². The lowest BCUT2D eigenvalue weighted by atomic mass is 10.1. The molecule has 3 heteroatoms. The van der Waals surface area contributed by atoms with E-state index in [9.17, 15) is 0 Å². The lowest BCUT2D eigenvalue weighted by Gasteiger charge is -2.33. The summed E-state index contributed by atoms with van der Waals surface area (Å²) in [4.78, 5) is 2.54. The van der Waals surface area contributed by atoms with Gasteiger partial charge >= 0.3 is 0 Å². The number of morpholine rings is 1. The fourth-order valence-electron chi connectivity index (χ4n) is 2.15. The number of rotatable bonds is 6. The van der Waals surface area contributed by atoms with Gasteiger partial charge in [0.15, 0.2) is 0 Å². The van der Waals surface area contributed by atoms with Crippen LogP contribution in [0.1, 0.15) is 33.6 Å². The van der Waals surface area contributed by atoms with Gasteiger partial charge in [0, 0.05) is 25.2 Å². The van der Waals surface area contributed by atoms with Crippen molar-refractivity contribution in [2.75, 3.05) is 32.8 Å². The Labute approximate surface area is 94.2 Å². The standard InChI is InChI=1S/C12H26N2O/c1-4-5-13-11(2)10-12(3)14-6-8-15-9-7-14/h11-13H,4-10H2,1-3H3. The highest BCUT2D eigenvalue weighted by Crippen LogP contribution is 2.09. The summed E-state index contributed by atoms with van der Waals surface area (Å²) in [7, 11) is 0. The monoisotopic (exact) mass is 214 g/mol. The summed E-state index contributed by atoms with van der Waals surface area (Å²) >= 11 is 0. The highest BCUT2D eigenvalue weighted by Gasteiger charge is 2.18. The zero-order valence-corrected chi connectivity index (χ0v) is 10.5. The van der Waals surface area contributed by atoms with Gasteiger partial charge in [-0.2, -0.15) is 0 Å². The minimum atomic E-state index is 0.628. The van der Waals surface area contributed by atoms with Crippen molar-refractivity contribution in [3.8, 4) is 0 Å². The fourth-order valence-corrected chi connectivity index (χ4v) is 2.15. The van der Waals surface area contributed by atoms with E-state index in [0.29, 0.717) is 12.1 Å². The molecule has 0 bridgehead atoms. The molecule has 1 rings (SSSR count). The number of hydrogen-bond acceptors (Lipinski definition) is 3. The van der Waals surface area contributed by atoms with Crippen LogP contribution in [0.3, 0.4) is 0 Å². The van der Waals surface area contributed by atoms with Crippen molar-refractivity contribution in [2.45, 2.75) is 45.7 Å². The summed E-state index contributed by atoms with van der Waals surface area (Å²) < 4.78 is 5.36. The lowest BCUT2D eigenvalue weighted by Crippen LogP contribution is -2.44. The van der Waals surface area contributed by atoms with E-state index in [0.717, 1.165) is 32.8 Å². The SMILES string of the molecule is CCCNC(C)CC(C)N1CCOCC1. The van der Waals surface area contributed by atoms with Crippen molar-refractivity contribution in [3.63, 3.8) is 0 Å². The number of hydrogen-bond donors (Lipinski definition) is 1. The average Bonchev–Trinajstić information content (AvgIpc) is 2.27. The smallest absolute Gasteiger partial charge is 0.0594 e. The van der Waals surface area contributed by atoms with Crippen molar-refractivity contribution in [3.05, 3.63) is 0 Å². The van der Waals surface area contributed by atoms with Crippen LogP contribution < -0.4 is 5.32 Å². The minimum absolute atomic E-state index is 0.628. The molecule has 1 saturated heterocycles. The molecule has 0 spiro atoms. The number of nitrogens with zero attached hydrogens (tertiary/aromatic N) is 1. The zero-order valence-electron chi connectivity index (χ0n) is 10.5. The van der Waals surface area contributed by atoms with E-state index < -0.39 is 0 Å². The highest BCUT2D eigenvalue weighted by atomic mass is 16.5. The van der Waals surface area contributed by atoms with Crippen molar-refractivity contribution in [1.82, 2.24) is 10.2 Å². The van der Waals surface area contributed by atoms with Gasteiger partial charge in [-0.1, -0.05) is 6.92 Å². The molecule has 0 aromatic rings. The molecule has 1 N–H and O–H groups in total. The molecule has 0 amide bonds. The molecule has 0 aliphatic carbocycles. The summed E-state index contributed by atoms with van der Waals surface area (Å²) in [5.41, 5.74) is 0. The average molecular weight is 214 g/mol. The zero-order chi connectivity index (χ0) is 11.1. The number of nitrogens with one attached hydrogen (secondary N) is 1. The van der Waals surface area contributed by atoms with Crippen LogP contribution in [-0.4, -0.2) is 49.8 Å². The van der Waals surface area contributed by atoms with E-state index in [2.05, 4.69) is 31.0 Å². The Morgan fingerprint density at radius 1 is 1.27 bits per heavy atom. The first kappa shape index (κ1) is 12.9. The second kappa shape index (κ2) is 7.20. The maximum Gasteiger partial charge on any atom is 0.0594 e. The minimum Gasteiger partial charge on any atom is -0.379 e. The van der Waals surface area contributed by atoms with Crippen LogP contribution in [0.4, 0.5) is 0 Å². The second-order valence-electron chi connectivity index (χ2n) is 4.59. The Balaban J connectivity index is 2.17. The molecule has 1 heterocycles. The van der Waals surface area contributed by atoms with Crippen molar-refractivity contribution in [1.29, 1.82) is 0 Å². The van der Waals surface area contributed by atoms with Crippen LogP contribution in [0.25, 0.3) is 0 Å². The first-order valence-corrected chi connectivity index (χ1v) is 6.29. The maximum atomic E-state index is 5.36. The van der Waals surface area contributed by atoms with Gasteiger partial charge in [0.05, 0.1) is 13.2 Å². The first-order chi connectivity index (χ1) is 7.24. The molecule has 0 radical (unpaired) electrons. The summed E-state index contributed by atoms with van der Waals surface area (Å²) in [6.07, 6.45) is 2.45. The molecule has 2 unspecified atom stereocenters. The quantitative estimate of drug-likeness (QED) is 0.725. The predicted molar refractivity (Wildman–Crippen MR) is 64.2 cm³/mol. The third-order valence-electron chi connectivity index (χ3n) is 3.11. The summed E-state index contributed by atoms with van der Waals surface area (Å²) in [5, 5.41) is 3.54. The normalized spacial score (nSPS) is 22.6. The molecule has 1 fully saturated rings. The Morgan fingerprint density at radius 2 is 1.93 bits per heavy atom. The highest BCUT2D eigenvalue weighted by molar-refractivity contribution is 4.74. The fraction of sp³-hybridized carbons (Fsp3) is 1.00. The summed E-state index contributed by atoms with van der Waals surface area (Å²) in [6, 6.07) is 1.30. The van der Waals surface area contributed by atoms with Gasteiger partial charge in [-0.05, 0) is 33.2 Å². The van der Waals surface area contributed by atoms with Gasteiger partial charge < -0.3 is 10.1 Å². The molecule has 0 aromatic heterocycles. The molecule has 15 heavy (non-hydrogen) atoms. The predicted octanol–water partition coefficient (Wildman–Crippen LogP) is 1.49. The molecular formula is C12H26N2O.